The van der Waals surface area contributed by atoms with Crippen LogP contribution in [0.4, 0.5) is 5.13 Å². The minimum absolute atomic E-state index is 0.000971. The number of carbonyl (C=O) groups is 2. The van der Waals surface area contributed by atoms with Crippen molar-refractivity contribution in [1.29, 1.82) is 0 Å². The van der Waals surface area contributed by atoms with E-state index in [0.29, 0.717) is 10.0 Å². The van der Waals surface area contributed by atoms with Gasteiger partial charge in [0.25, 0.3) is 0 Å². The molecule has 0 saturated carbocycles. The summed E-state index contributed by atoms with van der Waals surface area (Å²) in [6.07, 6.45) is 3.44. The fourth-order valence-corrected chi connectivity index (χ4v) is 3.19. The zero-order chi connectivity index (χ0) is 15.1. The van der Waals surface area contributed by atoms with Gasteiger partial charge in [0.05, 0.1) is 4.88 Å². The van der Waals surface area contributed by atoms with E-state index in [9.17, 15) is 9.59 Å². The number of carbonyl (C=O) groups excluding carboxylic acids is 2. The van der Waals surface area contributed by atoms with Gasteiger partial charge in [-0.25, -0.2) is 0 Å². The van der Waals surface area contributed by atoms with Gasteiger partial charge in [-0.2, -0.15) is 0 Å². The molecule has 0 aliphatic heterocycles. The second-order valence-electron chi connectivity index (χ2n) is 4.55. The Bertz CT molecular complexity index is 593. The van der Waals surface area contributed by atoms with Crippen molar-refractivity contribution in [2.24, 2.45) is 0 Å². The third kappa shape index (κ3) is 5.02. The minimum Gasteiger partial charge on any atom is -0.301 e. The van der Waals surface area contributed by atoms with Crippen molar-refractivity contribution in [3.8, 4) is 0 Å². The number of nitrogens with one attached hydrogen (secondary N) is 1. The van der Waals surface area contributed by atoms with E-state index in [1.165, 1.54) is 22.7 Å². The Hall–Kier alpha value is -1.60. The molecule has 0 bridgehead atoms. The monoisotopic (exact) mass is 323 g/mol. The van der Waals surface area contributed by atoms with Gasteiger partial charge in [0.2, 0.25) is 11.0 Å². The Balaban J connectivity index is 1.76. The predicted molar refractivity (Wildman–Crippen MR) is 85.0 cm³/mol. The molecule has 21 heavy (non-hydrogen) atoms. The maximum absolute atomic E-state index is 11.8. The van der Waals surface area contributed by atoms with Crippen LogP contribution in [0.25, 0.3) is 0 Å². The van der Waals surface area contributed by atoms with E-state index in [-0.39, 0.29) is 24.5 Å². The summed E-state index contributed by atoms with van der Waals surface area (Å²) >= 11 is 2.79. The Morgan fingerprint density at radius 1 is 1.29 bits per heavy atom. The number of amides is 1. The van der Waals surface area contributed by atoms with Crippen molar-refractivity contribution < 1.29 is 9.59 Å². The molecule has 7 heteroatoms. The van der Waals surface area contributed by atoms with E-state index in [1.54, 1.807) is 6.07 Å². The third-order valence-electron chi connectivity index (χ3n) is 2.83. The number of Topliss-reactive ketones (excluding diaryl/α,β-unsaturated/α-hetero) is 1. The number of aryl methyl sites for hydroxylation is 1. The molecule has 2 heterocycles. The molecular formula is C14H17N3O2S2. The lowest BCUT2D eigenvalue weighted by Gasteiger charge is -1.99. The molecule has 112 valence electrons. The first-order valence-corrected chi connectivity index (χ1v) is 8.57. The average Bonchev–Trinajstić information content (AvgIpc) is 3.14. The molecule has 0 unspecified atom stereocenters. The van der Waals surface area contributed by atoms with Gasteiger partial charge in [-0.3, -0.25) is 9.59 Å². The van der Waals surface area contributed by atoms with Crippen molar-refractivity contribution in [2.75, 3.05) is 5.32 Å². The molecule has 0 spiro atoms. The maximum Gasteiger partial charge on any atom is 0.226 e. The summed E-state index contributed by atoms with van der Waals surface area (Å²) in [6.45, 7) is 2.12. The number of rotatable bonds is 8. The molecule has 1 N–H and O–H groups in total. The second-order valence-corrected chi connectivity index (χ2v) is 6.56. The SMILES string of the molecule is CCCCc1nnc(NC(=O)CCC(=O)c2cccs2)s1. The van der Waals surface area contributed by atoms with Gasteiger partial charge >= 0.3 is 0 Å². The highest BCUT2D eigenvalue weighted by Gasteiger charge is 2.12. The van der Waals surface area contributed by atoms with Crippen LogP contribution in [-0.2, 0) is 11.2 Å². The summed E-state index contributed by atoms with van der Waals surface area (Å²) < 4.78 is 0. The summed E-state index contributed by atoms with van der Waals surface area (Å²) in [5, 5.41) is 14.0. The van der Waals surface area contributed by atoms with Crippen molar-refractivity contribution in [3.05, 3.63) is 27.4 Å². The lowest BCUT2D eigenvalue weighted by Crippen LogP contribution is -2.13. The highest BCUT2D eigenvalue weighted by atomic mass is 32.1. The maximum atomic E-state index is 11.8. The largest absolute Gasteiger partial charge is 0.301 e. The smallest absolute Gasteiger partial charge is 0.226 e. The lowest BCUT2D eigenvalue weighted by molar-refractivity contribution is -0.116. The van der Waals surface area contributed by atoms with Gasteiger partial charge in [0.15, 0.2) is 5.78 Å². The van der Waals surface area contributed by atoms with Gasteiger partial charge in [0, 0.05) is 19.3 Å². The summed E-state index contributed by atoms with van der Waals surface area (Å²) in [4.78, 5) is 24.3. The van der Waals surface area contributed by atoms with E-state index in [2.05, 4.69) is 22.4 Å². The van der Waals surface area contributed by atoms with Gasteiger partial charge in [-0.05, 0) is 17.9 Å². The van der Waals surface area contributed by atoms with Crippen LogP contribution in [0, 0.1) is 0 Å². The normalized spacial score (nSPS) is 10.5. The van der Waals surface area contributed by atoms with Crippen LogP contribution in [0.2, 0.25) is 0 Å². The Labute approximate surface area is 131 Å². The topological polar surface area (TPSA) is 72.0 Å². The molecule has 2 aromatic rings. The predicted octanol–water partition coefficient (Wildman–Crippen LogP) is 3.54. The molecule has 0 radical (unpaired) electrons. The Kier molecular flexibility index (Phi) is 6.01. The molecule has 5 nitrogen and oxygen atoms in total. The molecule has 0 saturated heterocycles. The zero-order valence-corrected chi connectivity index (χ0v) is 13.4. The van der Waals surface area contributed by atoms with Crippen LogP contribution in [0.3, 0.4) is 0 Å². The van der Waals surface area contributed by atoms with Crippen molar-refractivity contribution >= 4 is 39.5 Å². The first-order chi connectivity index (χ1) is 10.2. The summed E-state index contributed by atoms with van der Waals surface area (Å²) in [6, 6.07) is 3.60. The van der Waals surface area contributed by atoms with Gasteiger partial charge < -0.3 is 5.32 Å². The molecule has 1 amide bonds. The fourth-order valence-electron chi connectivity index (χ4n) is 1.70. The zero-order valence-electron chi connectivity index (χ0n) is 11.8. The number of thiophene rings is 1. The van der Waals surface area contributed by atoms with Crippen molar-refractivity contribution in [1.82, 2.24) is 10.2 Å². The molecule has 2 aromatic heterocycles. The third-order valence-corrected chi connectivity index (χ3v) is 4.64. The highest BCUT2D eigenvalue weighted by molar-refractivity contribution is 7.15. The molecule has 0 fully saturated rings. The molecule has 0 aliphatic rings. The number of hydrogen-bond acceptors (Lipinski definition) is 6. The first-order valence-electron chi connectivity index (χ1n) is 6.88. The number of anilines is 1. The number of nitrogens with zero attached hydrogens (tertiary/aromatic N) is 2. The van der Waals surface area contributed by atoms with Crippen LogP contribution in [0.5, 0.6) is 0 Å². The molecule has 0 aliphatic carbocycles. The standard InChI is InChI=1S/C14H17N3O2S2/c1-2-3-6-13-16-17-14(21-13)15-12(19)8-7-10(18)11-5-4-9-20-11/h4-5,9H,2-3,6-8H2,1H3,(H,15,17,19). The van der Waals surface area contributed by atoms with Crippen LogP contribution < -0.4 is 5.32 Å². The molecule has 2 rings (SSSR count). The number of unbranched alkanes of at least 4 members (excludes halogenated alkanes) is 1. The molecule has 0 aromatic carbocycles. The number of hydrogen-bond donors (Lipinski definition) is 1. The molecule has 0 atom stereocenters. The van der Waals surface area contributed by atoms with E-state index in [0.717, 1.165) is 24.3 Å². The van der Waals surface area contributed by atoms with Crippen molar-refractivity contribution in [3.63, 3.8) is 0 Å². The van der Waals surface area contributed by atoms with Crippen molar-refractivity contribution in [2.45, 2.75) is 39.0 Å². The first kappa shape index (κ1) is 15.8. The Morgan fingerprint density at radius 2 is 2.14 bits per heavy atom. The van der Waals surface area contributed by atoms with Gasteiger partial charge in [0.1, 0.15) is 5.01 Å². The minimum atomic E-state index is -0.196. The summed E-state index contributed by atoms with van der Waals surface area (Å²) in [7, 11) is 0. The lowest BCUT2D eigenvalue weighted by atomic mass is 10.2. The summed E-state index contributed by atoms with van der Waals surface area (Å²) in [5.74, 6) is -0.195. The second kappa shape index (κ2) is 7.99. The number of aromatic nitrogens is 2. The van der Waals surface area contributed by atoms with Crippen LogP contribution in [0.1, 0.15) is 47.3 Å². The van der Waals surface area contributed by atoms with Crippen LogP contribution in [0.15, 0.2) is 17.5 Å². The fraction of sp³-hybridized carbons (Fsp3) is 0.429. The number of ketones is 1. The average molecular weight is 323 g/mol. The van der Waals surface area contributed by atoms with Crippen LogP contribution >= 0.6 is 22.7 Å². The quantitative estimate of drug-likeness (QED) is 0.754. The van der Waals surface area contributed by atoms with E-state index < -0.39 is 0 Å². The Morgan fingerprint density at radius 3 is 2.86 bits per heavy atom. The van der Waals surface area contributed by atoms with E-state index >= 15 is 0 Å². The van der Waals surface area contributed by atoms with E-state index in [4.69, 9.17) is 0 Å². The van der Waals surface area contributed by atoms with E-state index in [1.807, 2.05) is 11.4 Å². The van der Waals surface area contributed by atoms with Gasteiger partial charge in [-0.1, -0.05) is 30.7 Å². The molecular weight excluding hydrogens is 306 g/mol. The van der Waals surface area contributed by atoms with Crippen LogP contribution in [-0.4, -0.2) is 21.9 Å². The van der Waals surface area contributed by atoms with Gasteiger partial charge in [-0.15, -0.1) is 21.5 Å². The summed E-state index contributed by atoms with van der Waals surface area (Å²) in [5.41, 5.74) is 0. The highest BCUT2D eigenvalue weighted by Crippen LogP contribution is 2.18.